The highest BCUT2D eigenvalue weighted by molar-refractivity contribution is 7.09. The van der Waals surface area contributed by atoms with Gasteiger partial charge in [-0.25, -0.2) is 4.98 Å². The molecule has 0 aromatic carbocycles. The number of aliphatic imine (C=N–C) groups is 1. The minimum atomic E-state index is 0.459. The van der Waals surface area contributed by atoms with Crippen molar-refractivity contribution < 1.29 is 0 Å². The molecule has 1 aromatic heterocycles. The number of rotatable bonds is 8. The van der Waals surface area contributed by atoms with Gasteiger partial charge < -0.3 is 10.6 Å². The van der Waals surface area contributed by atoms with Crippen molar-refractivity contribution in [2.24, 2.45) is 10.9 Å². The van der Waals surface area contributed by atoms with Gasteiger partial charge >= 0.3 is 0 Å². The molecule has 120 valence electrons. The number of guanidine groups is 1. The predicted octanol–water partition coefficient (Wildman–Crippen LogP) is 3.37. The SMILES string of the molecule is CN=C(NCCCc1nc(C)cs1)NC(C)CCC(C)C. The highest BCUT2D eigenvalue weighted by Crippen LogP contribution is 2.10. The molecule has 2 N–H and O–H groups in total. The number of hydrogen-bond acceptors (Lipinski definition) is 3. The van der Waals surface area contributed by atoms with Crippen molar-refractivity contribution in [3.05, 3.63) is 16.1 Å². The molecular weight excluding hydrogens is 280 g/mol. The molecule has 5 heteroatoms. The van der Waals surface area contributed by atoms with E-state index in [1.54, 1.807) is 11.3 Å². The van der Waals surface area contributed by atoms with Gasteiger partial charge in [0.15, 0.2) is 5.96 Å². The Labute approximate surface area is 133 Å². The lowest BCUT2D eigenvalue weighted by Crippen LogP contribution is -2.42. The van der Waals surface area contributed by atoms with Gasteiger partial charge in [-0.05, 0) is 39.0 Å². The fraction of sp³-hybridized carbons (Fsp3) is 0.750. The van der Waals surface area contributed by atoms with Gasteiger partial charge in [-0.1, -0.05) is 13.8 Å². The van der Waals surface area contributed by atoms with Gasteiger partial charge in [-0.2, -0.15) is 0 Å². The summed E-state index contributed by atoms with van der Waals surface area (Å²) in [6.45, 7) is 9.71. The van der Waals surface area contributed by atoms with Crippen LogP contribution in [0.1, 0.15) is 50.7 Å². The van der Waals surface area contributed by atoms with Crippen LogP contribution in [0.15, 0.2) is 10.4 Å². The molecule has 1 aromatic rings. The first-order valence-corrected chi connectivity index (χ1v) is 8.77. The summed E-state index contributed by atoms with van der Waals surface area (Å²) in [5.74, 6) is 1.66. The number of aryl methyl sites for hydroxylation is 2. The summed E-state index contributed by atoms with van der Waals surface area (Å²) < 4.78 is 0. The molecular formula is C16H30N4S. The zero-order valence-corrected chi connectivity index (χ0v) is 14.9. The Morgan fingerprint density at radius 2 is 2.10 bits per heavy atom. The highest BCUT2D eigenvalue weighted by Gasteiger charge is 2.06. The van der Waals surface area contributed by atoms with Crippen molar-refractivity contribution >= 4 is 17.3 Å². The quantitative estimate of drug-likeness (QED) is 0.440. The molecule has 1 rings (SSSR count). The van der Waals surface area contributed by atoms with Gasteiger partial charge in [0.25, 0.3) is 0 Å². The normalized spacial score (nSPS) is 13.5. The minimum Gasteiger partial charge on any atom is -0.356 e. The summed E-state index contributed by atoms with van der Waals surface area (Å²) in [4.78, 5) is 8.77. The van der Waals surface area contributed by atoms with Crippen molar-refractivity contribution in [1.29, 1.82) is 0 Å². The van der Waals surface area contributed by atoms with E-state index in [0.29, 0.717) is 6.04 Å². The minimum absolute atomic E-state index is 0.459. The number of hydrogen-bond donors (Lipinski definition) is 2. The van der Waals surface area contributed by atoms with Crippen molar-refractivity contribution in [2.45, 2.75) is 59.4 Å². The lowest BCUT2D eigenvalue weighted by molar-refractivity contribution is 0.489. The maximum absolute atomic E-state index is 4.48. The van der Waals surface area contributed by atoms with Crippen LogP contribution in [0.4, 0.5) is 0 Å². The van der Waals surface area contributed by atoms with Gasteiger partial charge in [0.1, 0.15) is 0 Å². The Bertz CT molecular complexity index is 426. The molecule has 0 spiro atoms. The molecule has 0 aliphatic rings. The number of nitrogens with zero attached hydrogens (tertiary/aromatic N) is 2. The zero-order valence-electron chi connectivity index (χ0n) is 14.1. The first kappa shape index (κ1) is 18.0. The maximum Gasteiger partial charge on any atom is 0.191 e. The summed E-state index contributed by atoms with van der Waals surface area (Å²) >= 11 is 1.75. The standard InChI is InChI=1S/C16H30N4S/c1-12(2)8-9-13(3)20-16(17-5)18-10-6-7-15-19-14(4)11-21-15/h11-13H,6-10H2,1-5H3,(H2,17,18,20). The second-order valence-electron chi connectivity index (χ2n) is 6.00. The monoisotopic (exact) mass is 310 g/mol. The van der Waals surface area contributed by atoms with E-state index in [1.807, 2.05) is 14.0 Å². The summed E-state index contributed by atoms with van der Waals surface area (Å²) in [5.41, 5.74) is 1.12. The molecule has 0 aliphatic heterocycles. The molecule has 1 unspecified atom stereocenters. The molecule has 0 aliphatic carbocycles. The van der Waals surface area contributed by atoms with E-state index < -0.39 is 0 Å². The lowest BCUT2D eigenvalue weighted by Gasteiger charge is -2.18. The number of nitrogens with one attached hydrogen (secondary N) is 2. The van der Waals surface area contributed by atoms with Crippen LogP contribution in [-0.2, 0) is 6.42 Å². The van der Waals surface area contributed by atoms with Crippen LogP contribution >= 0.6 is 11.3 Å². The van der Waals surface area contributed by atoms with Crippen LogP contribution in [0, 0.1) is 12.8 Å². The topological polar surface area (TPSA) is 49.3 Å². The van der Waals surface area contributed by atoms with E-state index in [1.165, 1.54) is 17.8 Å². The van der Waals surface area contributed by atoms with Crippen molar-refractivity contribution in [2.75, 3.05) is 13.6 Å². The Morgan fingerprint density at radius 1 is 1.33 bits per heavy atom. The van der Waals surface area contributed by atoms with E-state index in [2.05, 4.69) is 46.8 Å². The highest BCUT2D eigenvalue weighted by atomic mass is 32.1. The first-order valence-electron chi connectivity index (χ1n) is 7.89. The molecule has 21 heavy (non-hydrogen) atoms. The van der Waals surface area contributed by atoms with Gasteiger partial charge in [-0.15, -0.1) is 11.3 Å². The van der Waals surface area contributed by atoms with Crippen LogP contribution < -0.4 is 10.6 Å². The second-order valence-corrected chi connectivity index (χ2v) is 6.94. The Balaban J connectivity index is 2.19. The van der Waals surface area contributed by atoms with Crippen LogP contribution in [0.3, 0.4) is 0 Å². The molecule has 0 radical (unpaired) electrons. The molecule has 0 amide bonds. The molecule has 1 heterocycles. The Kier molecular flexibility index (Phi) is 8.35. The van der Waals surface area contributed by atoms with Crippen LogP contribution in [0.25, 0.3) is 0 Å². The Hall–Kier alpha value is -1.10. The van der Waals surface area contributed by atoms with Crippen LogP contribution in [0.5, 0.6) is 0 Å². The third kappa shape index (κ3) is 8.05. The molecule has 0 saturated heterocycles. The largest absolute Gasteiger partial charge is 0.356 e. The van der Waals surface area contributed by atoms with Gasteiger partial charge in [0.05, 0.1) is 5.01 Å². The fourth-order valence-corrected chi connectivity index (χ4v) is 2.87. The predicted molar refractivity (Wildman–Crippen MR) is 93.2 cm³/mol. The molecule has 0 saturated carbocycles. The second kappa shape index (κ2) is 9.77. The van der Waals surface area contributed by atoms with E-state index in [0.717, 1.165) is 37.0 Å². The molecule has 4 nitrogen and oxygen atoms in total. The van der Waals surface area contributed by atoms with Crippen molar-refractivity contribution in [3.63, 3.8) is 0 Å². The van der Waals surface area contributed by atoms with Crippen LogP contribution in [-0.4, -0.2) is 30.6 Å². The Morgan fingerprint density at radius 3 is 2.67 bits per heavy atom. The van der Waals surface area contributed by atoms with Gasteiger partial charge in [-0.3, -0.25) is 4.99 Å². The molecule has 0 bridgehead atoms. The van der Waals surface area contributed by atoms with Crippen molar-refractivity contribution in [3.8, 4) is 0 Å². The average molecular weight is 311 g/mol. The number of thiazole rings is 1. The fourth-order valence-electron chi connectivity index (χ4n) is 2.05. The van der Waals surface area contributed by atoms with E-state index >= 15 is 0 Å². The summed E-state index contributed by atoms with van der Waals surface area (Å²) in [6, 6.07) is 0.459. The molecule has 1 atom stereocenters. The van der Waals surface area contributed by atoms with Gasteiger partial charge in [0.2, 0.25) is 0 Å². The average Bonchev–Trinajstić information content (AvgIpc) is 2.85. The first-order chi connectivity index (χ1) is 10.0. The summed E-state index contributed by atoms with van der Waals surface area (Å²) in [5, 5.41) is 10.2. The lowest BCUT2D eigenvalue weighted by atomic mass is 10.0. The summed E-state index contributed by atoms with van der Waals surface area (Å²) in [7, 11) is 1.83. The van der Waals surface area contributed by atoms with E-state index in [9.17, 15) is 0 Å². The zero-order chi connectivity index (χ0) is 15.7. The van der Waals surface area contributed by atoms with Gasteiger partial charge in [0, 0.05) is 37.1 Å². The molecule has 0 fully saturated rings. The van der Waals surface area contributed by atoms with Crippen molar-refractivity contribution in [1.82, 2.24) is 15.6 Å². The summed E-state index contributed by atoms with van der Waals surface area (Å²) in [6.07, 6.45) is 4.53. The van der Waals surface area contributed by atoms with Crippen LogP contribution in [0.2, 0.25) is 0 Å². The third-order valence-corrected chi connectivity index (χ3v) is 4.34. The smallest absolute Gasteiger partial charge is 0.191 e. The van der Waals surface area contributed by atoms with E-state index in [4.69, 9.17) is 0 Å². The van der Waals surface area contributed by atoms with E-state index in [-0.39, 0.29) is 0 Å². The third-order valence-electron chi connectivity index (χ3n) is 3.31. The maximum atomic E-state index is 4.48. The number of aromatic nitrogens is 1.